The first-order valence-corrected chi connectivity index (χ1v) is 11.1. The molecule has 0 amide bonds. The minimum atomic E-state index is -0.412. The molecule has 0 unspecified atom stereocenters. The Bertz CT molecular complexity index is 1670. The maximum atomic E-state index is 15.1. The smallest absolute Gasteiger partial charge is 0.157 e. The Morgan fingerprint density at radius 2 is 1.86 bits per heavy atom. The Labute approximate surface area is 199 Å². The first-order valence-electron chi connectivity index (χ1n) is 11.1. The van der Waals surface area contributed by atoms with Gasteiger partial charge in [0.05, 0.1) is 11.2 Å². The number of halogens is 1. The third kappa shape index (κ3) is 3.81. The lowest BCUT2D eigenvalue weighted by molar-refractivity contribution is 0.402. The summed E-state index contributed by atoms with van der Waals surface area (Å²) in [4.78, 5) is 23.4. The maximum absolute atomic E-state index is 15.1. The van der Waals surface area contributed by atoms with Gasteiger partial charge >= 0.3 is 0 Å². The predicted molar refractivity (Wildman–Crippen MR) is 133 cm³/mol. The first-order chi connectivity index (χ1) is 17.1. The molecule has 2 N–H and O–H groups in total. The molecule has 0 aliphatic rings. The number of hydrogen-bond acceptors (Lipinski definition) is 6. The van der Waals surface area contributed by atoms with Gasteiger partial charge in [0.25, 0.3) is 0 Å². The number of pyridine rings is 3. The number of imidazole rings is 1. The van der Waals surface area contributed by atoms with Crippen LogP contribution in [-0.4, -0.2) is 54.1 Å². The van der Waals surface area contributed by atoms with E-state index >= 15 is 4.39 Å². The zero-order valence-corrected chi connectivity index (χ0v) is 19.1. The molecule has 8 nitrogen and oxygen atoms in total. The largest absolute Gasteiger partial charge is 0.337 e. The molecular formula is C26H21FN8. The van der Waals surface area contributed by atoms with E-state index in [0.717, 1.165) is 34.4 Å². The van der Waals surface area contributed by atoms with Gasteiger partial charge in [0, 0.05) is 42.3 Å². The van der Waals surface area contributed by atoms with Crippen molar-refractivity contribution in [1.29, 1.82) is 0 Å². The average Bonchev–Trinajstić information content (AvgIpc) is 3.48. The van der Waals surface area contributed by atoms with Gasteiger partial charge < -0.3 is 9.88 Å². The molecule has 6 rings (SSSR count). The number of aromatic nitrogens is 7. The number of hydrogen-bond donors (Lipinski definition) is 2. The molecule has 0 spiro atoms. The van der Waals surface area contributed by atoms with E-state index in [0.29, 0.717) is 28.1 Å². The number of H-pyrrole nitrogens is 2. The molecule has 0 saturated heterocycles. The van der Waals surface area contributed by atoms with Gasteiger partial charge in [-0.3, -0.25) is 20.1 Å². The van der Waals surface area contributed by atoms with Crippen LogP contribution in [0.15, 0.2) is 67.3 Å². The summed E-state index contributed by atoms with van der Waals surface area (Å²) in [6.45, 7) is 0.744. The molecule has 9 heteroatoms. The van der Waals surface area contributed by atoms with Crippen LogP contribution in [0.3, 0.4) is 0 Å². The molecule has 1 aromatic carbocycles. The molecule has 0 radical (unpaired) electrons. The van der Waals surface area contributed by atoms with Crippen LogP contribution < -0.4 is 0 Å². The molecule has 0 fully saturated rings. The van der Waals surface area contributed by atoms with Crippen molar-refractivity contribution in [3.63, 3.8) is 0 Å². The zero-order chi connectivity index (χ0) is 23.9. The van der Waals surface area contributed by atoms with Crippen molar-refractivity contribution in [2.24, 2.45) is 0 Å². The molecule has 5 aromatic heterocycles. The van der Waals surface area contributed by atoms with Crippen LogP contribution in [0.2, 0.25) is 0 Å². The molecule has 0 aliphatic heterocycles. The lowest BCUT2D eigenvalue weighted by Crippen LogP contribution is -2.10. The van der Waals surface area contributed by atoms with E-state index in [1.54, 1.807) is 18.6 Å². The van der Waals surface area contributed by atoms with Crippen molar-refractivity contribution < 1.29 is 4.39 Å². The summed E-state index contributed by atoms with van der Waals surface area (Å²) < 4.78 is 15.1. The van der Waals surface area contributed by atoms with Crippen LogP contribution in [0, 0.1) is 5.82 Å². The quantitative estimate of drug-likeness (QED) is 0.379. The average molecular weight is 465 g/mol. The normalized spacial score (nSPS) is 11.7. The van der Waals surface area contributed by atoms with Crippen LogP contribution in [0.25, 0.3) is 56.0 Å². The minimum Gasteiger partial charge on any atom is -0.337 e. The molecular weight excluding hydrogens is 443 g/mol. The fraction of sp³-hybridized carbons (Fsp3) is 0.115. The standard InChI is InChI=1S/C26H21FN8/c1-35(2)14-15-9-17(13-28-12-15)16-10-18-22(19(27)11-16)33-34-23(18)26-31-21-6-8-30-24(25(21)32-26)20-5-3-4-7-29-20/h3-13H,14H2,1-2H3,(H,31,32)(H,33,34). The maximum Gasteiger partial charge on any atom is 0.157 e. The van der Waals surface area contributed by atoms with E-state index in [1.165, 1.54) is 6.07 Å². The highest BCUT2D eigenvalue weighted by Crippen LogP contribution is 2.33. The van der Waals surface area contributed by atoms with Crippen LogP contribution in [0.1, 0.15) is 5.56 Å². The van der Waals surface area contributed by atoms with Gasteiger partial charge in [-0.25, -0.2) is 9.37 Å². The number of benzene rings is 1. The molecule has 0 bridgehead atoms. The second kappa shape index (κ2) is 8.37. The highest BCUT2D eigenvalue weighted by Gasteiger charge is 2.18. The molecule has 0 saturated carbocycles. The highest BCUT2D eigenvalue weighted by molar-refractivity contribution is 5.97. The third-order valence-electron chi connectivity index (χ3n) is 5.78. The van der Waals surface area contributed by atoms with Gasteiger partial charge in [-0.2, -0.15) is 5.10 Å². The summed E-state index contributed by atoms with van der Waals surface area (Å²) in [5, 5.41) is 7.82. The van der Waals surface area contributed by atoms with E-state index in [2.05, 4.69) is 35.0 Å². The van der Waals surface area contributed by atoms with E-state index < -0.39 is 5.82 Å². The SMILES string of the molecule is CN(C)Cc1cncc(-c2cc(F)c3n[nH]c(-c4nc5c(-c6ccccn6)nccc5[nH]4)c3c2)c1. The second-order valence-corrected chi connectivity index (χ2v) is 8.63. The first kappa shape index (κ1) is 21.1. The van der Waals surface area contributed by atoms with E-state index in [9.17, 15) is 0 Å². The molecule has 0 atom stereocenters. The summed E-state index contributed by atoms with van der Waals surface area (Å²) in [6.07, 6.45) is 7.00. The number of nitrogens with one attached hydrogen (secondary N) is 2. The topological polar surface area (TPSA) is 99.3 Å². The van der Waals surface area contributed by atoms with E-state index in [4.69, 9.17) is 4.98 Å². The van der Waals surface area contributed by atoms with Crippen molar-refractivity contribution >= 4 is 21.9 Å². The van der Waals surface area contributed by atoms with Crippen molar-refractivity contribution in [3.05, 3.63) is 78.6 Å². The van der Waals surface area contributed by atoms with E-state index in [1.807, 2.05) is 56.7 Å². The molecule has 5 heterocycles. The second-order valence-electron chi connectivity index (χ2n) is 8.63. The molecule has 35 heavy (non-hydrogen) atoms. The van der Waals surface area contributed by atoms with Crippen molar-refractivity contribution in [1.82, 2.24) is 40.0 Å². The summed E-state index contributed by atoms with van der Waals surface area (Å²) in [5.41, 5.74) is 6.34. The number of fused-ring (bicyclic) bond motifs is 2. The Morgan fingerprint density at radius 3 is 2.69 bits per heavy atom. The van der Waals surface area contributed by atoms with Gasteiger partial charge in [0.15, 0.2) is 11.6 Å². The Balaban J connectivity index is 1.48. The monoisotopic (exact) mass is 464 g/mol. The molecule has 6 aromatic rings. The number of nitrogens with zero attached hydrogens (tertiary/aromatic N) is 6. The summed E-state index contributed by atoms with van der Waals surface area (Å²) >= 11 is 0. The van der Waals surface area contributed by atoms with Gasteiger partial charge in [0.1, 0.15) is 22.4 Å². The van der Waals surface area contributed by atoms with Gasteiger partial charge in [0.2, 0.25) is 0 Å². The lowest BCUT2D eigenvalue weighted by Gasteiger charge is -2.10. The van der Waals surface area contributed by atoms with E-state index in [-0.39, 0.29) is 5.52 Å². The van der Waals surface area contributed by atoms with Crippen molar-refractivity contribution in [3.8, 4) is 34.0 Å². The zero-order valence-electron chi connectivity index (χ0n) is 19.1. The van der Waals surface area contributed by atoms with Gasteiger partial charge in [-0.05, 0) is 61.6 Å². The van der Waals surface area contributed by atoms with Crippen LogP contribution in [0.5, 0.6) is 0 Å². The fourth-order valence-corrected chi connectivity index (χ4v) is 4.26. The predicted octanol–water partition coefficient (Wildman–Crippen LogP) is 4.83. The molecule has 172 valence electrons. The lowest BCUT2D eigenvalue weighted by atomic mass is 10.0. The Morgan fingerprint density at radius 1 is 0.943 bits per heavy atom. The number of rotatable bonds is 5. The highest BCUT2D eigenvalue weighted by atomic mass is 19.1. The van der Waals surface area contributed by atoms with Crippen LogP contribution >= 0.6 is 0 Å². The minimum absolute atomic E-state index is 0.254. The fourth-order valence-electron chi connectivity index (χ4n) is 4.26. The van der Waals surface area contributed by atoms with Crippen molar-refractivity contribution in [2.45, 2.75) is 6.54 Å². The van der Waals surface area contributed by atoms with Gasteiger partial charge in [-0.15, -0.1) is 0 Å². The van der Waals surface area contributed by atoms with Crippen molar-refractivity contribution in [2.75, 3.05) is 14.1 Å². The van der Waals surface area contributed by atoms with Crippen LogP contribution in [0.4, 0.5) is 4.39 Å². The Hall–Kier alpha value is -4.50. The molecule has 0 aliphatic carbocycles. The summed E-state index contributed by atoms with van der Waals surface area (Å²) in [5.74, 6) is 0.133. The number of aromatic amines is 2. The van der Waals surface area contributed by atoms with Crippen LogP contribution in [-0.2, 0) is 6.54 Å². The Kier molecular flexibility index (Phi) is 5.04. The van der Waals surface area contributed by atoms with Gasteiger partial charge in [-0.1, -0.05) is 6.07 Å². The summed E-state index contributed by atoms with van der Waals surface area (Å²) in [7, 11) is 4.00. The third-order valence-corrected chi connectivity index (χ3v) is 5.78. The summed E-state index contributed by atoms with van der Waals surface area (Å²) in [6, 6.07) is 12.9.